The molecule has 0 amide bonds. The van der Waals surface area contributed by atoms with E-state index in [2.05, 4.69) is 22.3 Å². The minimum absolute atomic E-state index is 0.641. The van der Waals surface area contributed by atoms with Crippen LogP contribution in [0.15, 0.2) is 24.3 Å². The highest BCUT2D eigenvalue weighted by molar-refractivity contribution is 6.30. The lowest BCUT2D eigenvalue weighted by molar-refractivity contribution is 0.888. The zero-order valence-corrected chi connectivity index (χ0v) is 11.8. The minimum Gasteiger partial charge on any atom is -0.308 e. The first-order chi connectivity index (χ1) is 9.13. The molecule has 1 heterocycles. The van der Waals surface area contributed by atoms with Gasteiger partial charge in [-0.1, -0.05) is 30.7 Å². The van der Waals surface area contributed by atoms with Gasteiger partial charge < -0.3 is 5.43 Å². The van der Waals surface area contributed by atoms with Gasteiger partial charge in [-0.15, -0.1) is 0 Å². The number of hydrogen-bond acceptors (Lipinski definition) is 4. The van der Waals surface area contributed by atoms with Gasteiger partial charge in [-0.25, -0.2) is 15.8 Å². The molecule has 0 saturated carbocycles. The van der Waals surface area contributed by atoms with Gasteiger partial charge in [0.2, 0.25) is 0 Å². The summed E-state index contributed by atoms with van der Waals surface area (Å²) in [6.45, 7) is 4.04. The molecule has 0 spiro atoms. The maximum atomic E-state index is 5.98. The molecule has 4 nitrogen and oxygen atoms in total. The summed E-state index contributed by atoms with van der Waals surface area (Å²) in [6.07, 6.45) is 1.49. The van der Waals surface area contributed by atoms with E-state index in [4.69, 9.17) is 17.4 Å². The summed E-state index contributed by atoms with van der Waals surface area (Å²) in [7, 11) is 0. The Morgan fingerprint density at radius 2 is 2.11 bits per heavy atom. The molecule has 0 radical (unpaired) electrons. The lowest BCUT2D eigenvalue weighted by Gasteiger charge is -2.11. The molecule has 0 aliphatic heterocycles. The molecule has 0 aliphatic carbocycles. The fraction of sp³-hybridized carbons (Fsp3) is 0.286. The predicted molar refractivity (Wildman–Crippen MR) is 78.2 cm³/mol. The van der Waals surface area contributed by atoms with Crippen LogP contribution in [0.5, 0.6) is 0 Å². The normalized spacial score (nSPS) is 10.5. The van der Waals surface area contributed by atoms with Crippen molar-refractivity contribution in [2.24, 2.45) is 5.84 Å². The molecule has 0 saturated heterocycles. The molecular formula is C14H17ClN4. The molecule has 0 aliphatic rings. The molecule has 0 atom stereocenters. The Balaban J connectivity index is 2.35. The van der Waals surface area contributed by atoms with Crippen LogP contribution >= 0.6 is 11.6 Å². The average molecular weight is 277 g/mol. The second-order valence-electron chi connectivity index (χ2n) is 4.36. The first-order valence-corrected chi connectivity index (χ1v) is 6.59. The summed E-state index contributed by atoms with van der Waals surface area (Å²) in [6, 6.07) is 7.71. The number of hydrazine groups is 1. The molecule has 2 aromatic rings. The first kappa shape index (κ1) is 13.8. The van der Waals surface area contributed by atoms with E-state index < -0.39 is 0 Å². The van der Waals surface area contributed by atoms with Gasteiger partial charge >= 0.3 is 0 Å². The summed E-state index contributed by atoms with van der Waals surface area (Å²) in [5, 5.41) is 0.720. The summed E-state index contributed by atoms with van der Waals surface area (Å²) in [5.41, 5.74) is 5.73. The van der Waals surface area contributed by atoms with Crippen molar-refractivity contribution in [2.75, 3.05) is 5.43 Å². The number of rotatable bonds is 4. The number of anilines is 1. The Morgan fingerprint density at radius 3 is 2.74 bits per heavy atom. The van der Waals surface area contributed by atoms with Crippen LogP contribution in [0.2, 0.25) is 5.02 Å². The van der Waals surface area contributed by atoms with E-state index >= 15 is 0 Å². The van der Waals surface area contributed by atoms with Crippen LogP contribution in [0.1, 0.15) is 29.6 Å². The van der Waals surface area contributed by atoms with E-state index in [9.17, 15) is 0 Å². The van der Waals surface area contributed by atoms with Gasteiger partial charge in [0.1, 0.15) is 11.6 Å². The van der Waals surface area contributed by atoms with Crippen molar-refractivity contribution in [1.29, 1.82) is 0 Å². The van der Waals surface area contributed by atoms with E-state index in [1.807, 2.05) is 31.2 Å². The molecule has 5 heteroatoms. The number of nitrogens with two attached hydrogens (primary N) is 1. The van der Waals surface area contributed by atoms with Crippen molar-refractivity contribution in [3.8, 4) is 0 Å². The Bertz CT molecular complexity index is 558. The topological polar surface area (TPSA) is 63.8 Å². The second-order valence-corrected chi connectivity index (χ2v) is 4.80. The fourth-order valence-corrected chi connectivity index (χ4v) is 2.22. The lowest BCUT2D eigenvalue weighted by Crippen LogP contribution is -2.14. The Labute approximate surface area is 118 Å². The standard InChI is InChI=1S/C14H17ClN4/c1-3-12-9(2)14(19-16)18-13(17-12)8-10-5-4-6-11(15)7-10/h4-7H,3,8,16H2,1-2H3,(H,17,18,19). The van der Waals surface area contributed by atoms with Gasteiger partial charge in [-0.2, -0.15) is 0 Å². The van der Waals surface area contributed by atoms with E-state index in [-0.39, 0.29) is 0 Å². The van der Waals surface area contributed by atoms with Gasteiger partial charge in [0, 0.05) is 22.7 Å². The SMILES string of the molecule is CCc1nc(Cc2cccc(Cl)c2)nc(NN)c1C. The van der Waals surface area contributed by atoms with Crippen LogP contribution in [-0.2, 0) is 12.8 Å². The van der Waals surface area contributed by atoms with Crippen LogP contribution in [0, 0.1) is 6.92 Å². The van der Waals surface area contributed by atoms with Crippen molar-refractivity contribution in [3.05, 3.63) is 51.9 Å². The molecule has 100 valence electrons. The third kappa shape index (κ3) is 3.22. The minimum atomic E-state index is 0.641. The highest BCUT2D eigenvalue weighted by Gasteiger charge is 2.09. The predicted octanol–water partition coefficient (Wildman–Crippen LogP) is 2.88. The maximum Gasteiger partial charge on any atom is 0.146 e. The molecule has 2 rings (SSSR count). The highest BCUT2D eigenvalue weighted by atomic mass is 35.5. The van der Waals surface area contributed by atoms with Gasteiger partial charge in [-0.3, -0.25) is 0 Å². The average Bonchev–Trinajstić information content (AvgIpc) is 2.40. The van der Waals surface area contributed by atoms with E-state index in [0.717, 1.165) is 34.1 Å². The number of aromatic nitrogens is 2. The molecule has 3 N–H and O–H groups in total. The van der Waals surface area contributed by atoms with Crippen LogP contribution in [0.4, 0.5) is 5.82 Å². The smallest absolute Gasteiger partial charge is 0.146 e. The molecule has 19 heavy (non-hydrogen) atoms. The van der Waals surface area contributed by atoms with Crippen molar-refractivity contribution in [1.82, 2.24) is 9.97 Å². The third-order valence-electron chi connectivity index (χ3n) is 3.02. The fourth-order valence-electron chi connectivity index (χ4n) is 2.01. The second kappa shape index (κ2) is 5.99. The number of nitrogens with zero attached hydrogens (tertiary/aromatic N) is 2. The maximum absolute atomic E-state index is 5.98. The van der Waals surface area contributed by atoms with Crippen molar-refractivity contribution >= 4 is 17.4 Å². The number of hydrogen-bond donors (Lipinski definition) is 2. The van der Waals surface area contributed by atoms with Gasteiger partial charge in [0.25, 0.3) is 0 Å². The third-order valence-corrected chi connectivity index (χ3v) is 3.25. The van der Waals surface area contributed by atoms with Crippen LogP contribution in [-0.4, -0.2) is 9.97 Å². The summed E-state index contributed by atoms with van der Waals surface area (Å²) < 4.78 is 0. The van der Waals surface area contributed by atoms with Gasteiger partial charge in [0.05, 0.1) is 0 Å². The zero-order chi connectivity index (χ0) is 13.8. The Hall–Kier alpha value is -1.65. The summed E-state index contributed by atoms with van der Waals surface area (Å²) >= 11 is 5.98. The monoisotopic (exact) mass is 276 g/mol. The van der Waals surface area contributed by atoms with Crippen molar-refractivity contribution in [3.63, 3.8) is 0 Å². The molecule has 1 aromatic heterocycles. The quantitative estimate of drug-likeness (QED) is 0.666. The highest BCUT2D eigenvalue weighted by Crippen LogP contribution is 2.18. The van der Waals surface area contributed by atoms with Crippen LogP contribution in [0.3, 0.4) is 0 Å². The molecule has 0 bridgehead atoms. The number of benzene rings is 1. The number of aryl methyl sites for hydroxylation is 1. The summed E-state index contributed by atoms with van der Waals surface area (Å²) in [5.74, 6) is 6.93. The number of halogens is 1. The largest absolute Gasteiger partial charge is 0.308 e. The molecule has 0 unspecified atom stereocenters. The summed E-state index contributed by atoms with van der Waals surface area (Å²) in [4.78, 5) is 9.01. The van der Waals surface area contributed by atoms with Crippen molar-refractivity contribution in [2.45, 2.75) is 26.7 Å². The number of nitrogens with one attached hydrogen (secondary N) is 1. The van der Waals surface area contributed by atoms with E-state index in [0.29, 0.717) is 12.2 Å². The molecule has 1 aromatic carbocycles. The van der Waals surface area contributed by atoms with Gasteiger partial charge in [-0.05, 0) is 31.0 Å². The molecular weight excluding hydrogens is 260 g/mol. The zero-order valence-electron chi connectivity index (χ0n) is 11.1. The van der Waals surface area contributed by atoms with E-state index in [1.54, 1.807) is 0 Å². The molecule has 0 fully saturated rings. The van der Waals surface area contributed by atoms with Crippen molar-refractivity contribution < 1.29 is 0 Å². The first-order valence-electron chi connectivity index (χ1n) is 6.21. The van der Waals surface area contributed by atoms with Crippen LogP contribution in [0.25, 0.3) is 0 Å². The lowest BCUT2D eigenvalue weighted by atomic mass is 10.1. The number of nitrogen functional groups attached to an aromatic ring is 1. The Morgan fingerprint density at radius 1 is 1.32 bits per heavy atom. The van der Waals surface area contributed by atoms with Crippen LogP contribution < -0.4 is 11.3 Å². The van der Waals surface area contributed by atoms with Gasteiger partial charge in [0.15, 0.2) is 0 Å². The Kier molecular flexibility index (Phi) is 4.35. The van der Waals surface area contributed by atoms with E-state index in [1.165, 1.54) is 0 Å².